The van der Waals surface area contributed by atoms with Gasteiger partial charge in [0.15, 0.2) is 0 Å². The zero-order valence-electron chi connectivity index (χ0n) is 13.6. The number of hydrogen-bond donors (Lipinski definition) is 4. The molecule has 0 heterocycles. The van der Waals surface area contributed by atoms with E-state index in [4.69, 9.17) is 5.11 Å². The summed E-state index contributed by atoms with van der Waals surface area (Å²) in [5, 5.41) is 11.9. The predicted octanol–water partition coefficient (Wildman–Crippen LogP) is 2.59. The minimum atomic E-state index is -4.43. The molecule has 0 spiro atoms. The van der Waals surface area contributed by atoms with Gasteiger partial charge < -0.3 is 10.4 Å². The molecule has 0 aliphatic rings. The molecule has 1 unspecified atom stereocenters. The summed E-state index contributed by atoms with van der Waals surface area (Å²) in [6, 6.07) is 10.6. The zero-order valence-corrected chi connectivity index (χ0v) is 13.6. The molecular formula is C17H16F3N3O3. The molecule has 0 radical (unpaired) electrons. The summed E-state index contributed by atoms with van der Waals surface area (Å²) in [7, 11) is 0. The van der Waals surface area contributed by atoms with Crippen LogP contribution >= 0.6 is 0 Å². The second-order valence-electron chi connectivity index (χ2n) is 5.37. The predicted molar refractivity (Wildman–Crippen MR) is 88.5 cm³/mol. The highest BCUT2D eigenvalue weighted by Crippen LogP contribution is 2.30. The van der Waals surface area contributed by atoms with Crippen LogP contribution in [0, 0.1) is 0 Å². The molecule has 1 atom stereocenters. The Bertz CT molecular complexity index is 790. The fourth-order valence-electron chi connectivity index (χ4n) is 1.98. The van der Waals surface area contributed by atoms with Crippen molar-refractivity contribution in [3.05, 3.63) is 59.7 Å². The number of benzene rings is 2. The van der Waals surface area contributed by atoms with Crippen LogP contribution in [0.1, 0.15) is 22.8 Å². The summed E-state index contributed by atoms with van der Waals surface area (Å²) in [5.74, 6) is -1.44. The molecule has 0 aliphatic heterocycles. The van der Waals surface area contributed by atoms with Gasteiger partial charge in [0.1, 0.15) is 6.10 Å². The van der Waals surface area contributed by atoms with Crippen molar-refractivity contribution in [1.82, 2.24) is 10.9 Å². The summed E-state index contributed by atoms with van der Waals surface area (Å²) in [5.41, 5.74) is 4.25. The highest BCUT2D eigenvalue weighted by atomic mass is 19.4. The van der Waals surface area contributed by atoms with Gasteiger partial charge >= 0.3 is 6.18 Å². The fourth-order valence-corrected chi connectivity index (χ4v) is 1.98. The molecule has 4 N–H and O–H groups in total. The quantitative estimate of drug-likeness (QED) is 0.626. The molecule has 0 fully saturated rings. The van der Waals surface area contributed by atoms with E-state index in [-0.39, 0.29) is 5.56 Å². The smallest absolute Gasteiger partial charge is 0.383 e. The Kier molecular flexibility index (Phi) is 5.83. The van der Waals surface area contributed by atoms with E-state index in [1.54, 1.807) is 18.2 Å². The molecule has 6 nitrogen and oxygen atoms in total. The summed E-state index contributed by atoms with van der Waals surface area (Å²) in [6.07, 6.45) is -5.73. The lowest BCUT2D eigenvalue weighted by molar-refractivity contribution is -0.137. The number of amides is 2. The molecule has 2 aromatic carbocycles. The van der Waals surface area contributed by atoms with Crippen molar-refractivity contribution in [3.63, 3.8) is 0 Å². The van der Waals surface area contributed by atoms with Crippen LogP contribution in [-0.4, -0.2) is 23.0 Å². The maximum atomic E-state index is 12.6. The van der Waals surface area contributed by atoms with Gasteiger partial charge in [-0.15, -0.1) is 0 Å². The number of anilines is 2. The van der Waals surface area contributed by atoms with Gasteiger partial charge in [0, 0.05) is 5.69 Å². The first kappa shape index (κ1) is 19.3. The lowest BCUT2D eigenvalue weighted by Gasteiger charge is -2.14. The van der Waals surface area contributed by atoms with Crippen molar-refractivity contribution >= 4 is 23.2 Å². The van der Waals surface area contributed by atoms with Gasteiger partial charge in [0.25, 0.3) is 11.8 Å². The highest BCUT2D eigenvalue weighted by molar-refractivity contribution is 6.01. The lowest BCUT2D eigenvalue weighted by Crippen LogP contribution is -2.45. The Labute approximate surface area is 147 Å². The molecule has 0 saturated heterocycles. The van der Waals surface area contributed by atoms with E-state index in [0.29, 0.717) is 11.4 Å². The van der Waals surface area contributed by atoms with E-state index >= 15 is 0 Å². The number of aliphatic hydroxyl groups excluding tert-OH is 1. The van der Waals surface area contributed by atoms with E-state index in [9.17, 15) is 22.8 Å². The summed E-state index contributed by atoms with van der Waals surface area (Å²) < 4.78 is 37.8. The molecule has 0 aliphatic carbocycles. The first-order chi connectivity index (χ1) is 12.2. The number of aliphatic hydroxyl groups is 1. The second kappa shape index (κ2) is 7.87. The Morgan fingerprint density at radius 2 is 1.62 bits per heavy atom. The van der Waals surface area contributed by atoms with Gasteiger partial charge in [-0.2, -0.15) is 13.2 Å². The Hall–Kier alpha value is -3.07. The fraction of sp³-hybridized carbons (Fsp3) is 0.176. The number of carbonyl (C=O) groups is 2. The maximum Gasteiger partial charge on any atom is 0.416 e. The van der Waals surface area contributed by atoms with Crippen LogP contribution in [0.15, 0.2) is 48.5 Å². The van der Waals surface area contributed by atoms with Crippen molar-refractivity contribution < 1.29 is 27.9 Å². The second-order valence-corrected chi connectivity index (χ2v) is 5.37. The largest absolute Gasteiger partial charge is 0.416 e. The average Bonchev–Trinajstić information content (AvgIpc) is 2.59. The standard InChI is InChI=1S/C17H16F3N3O3/c1-10(24)15(25)22-23-16(26)13-4-2-3-5-14(13)21-12-8-6-11(7-9-12)17(18,19)20/h2-10,21,24H,1H3,(H,22,25)(H,23,26). The molecule has 138 valence electrons. The Balaban J connectivity index is 2.13. The lowest BCUT2D eigenvalue weighted by atomic mass is 10.1. The van der Waals surface area contributed by atoms with Crippen LogP contribution in [-0.2, 0) is 11.0 Å². The van der Waals surface area contributed by atoms with Crippen molar-refractivity contribution in [2.75, 3.05) is 5.32 Å². The molecule has 0 aromatic heterocycles. The molecule has 26 heavy (non-hydrogen) atoms. The molecule has 9 heteroatoms. The van der Waals surface area contributed by atoms with Gasteiger partial charge in [0.05, 0.1) is 16.8 Å². The molecule has 2 rings (SSSR count). The van der Waals surface area contributed by atoms with Gasteiger partial charge in [0.2, 0.25) is 0 Å². The van der Waals surface area contributed by atoms with Gasteiger partial charge in [-0.25, -0.2) is 0 Å². The highest BCUT2D eigenvalue weighted by Gasteiger charge is 2.29. The number of halogens is 3. The minimum Gasteiger partial charge on any atom is -0.383 e. The average molecular weight is 367 g/mol. The Morgan fingerprint density at radius 3 is 2.19 bits per heavy atom. The SMILES string of the molecule is CC(O)C(=O)NNC(=O)c1ccccc1Nc1ccc(C(F)(F)F)cc1. The van der Waals surface area contributed by atoms with E-state index in [2.05, 4.69) is 16.2 Å². The van der Waals surface area contributed by atoms with Crippen molar-refractivity contribution in [3.8, 4) is 0 Å². The maximum absolute atomic E-state index is 12.6. The minimum absolute atomic E-state index is 0.151. The Morgan fingerprint density at radius 1 is 1.00 bits per heavy atom. The van der Waals surface area contributed by atoms with Crippen LogP contribution in [0.4, 0.5) is 24.5 Å². The van der Waals surface area contributed by atoms with Gasteiger partial charge in [-0.1, -0.05) is 12.1 Å². The van der Waals surface area contributed by atoms with Crippen molar-refractivity contribution in [2.24, 2.45) is 0 Å². The molecule has 0 bridgehead atoms. The van der Waals surface area contributed by atoms with Gasteiger partial charge in [-0.05, 0) is 43.3 Å². The summed E-state index contributed by atoms with van der Waals surface area (Å²) in [4.78, 5) is 23.5. The number of nitrogens with one attached hydrogen (secondary N) is 3. The number of para-hydroxylation sites is 1. The molecule has 2 aromatic rings. The summed E-state index contributed by atoms with van der Waals surface area (Å²) in [6.45, 7) is 1.24. The number of hydrogen-bond acceptors (Lipinski definition) is 4. The van der Waals surface area contributed by atoms with Crippen molar-refractivity contribution in [2.45, 2.75) is 19.2 Å². The number of alkyl halides is 3. The molecular weight excluding hydrogens is 351 g/mol. The third-order valence-electron chi connectivity index (χ3n) is 3.34. The summed E-state index contributed by atoms with van der Waals surface area (Å²) >= 11 is 0. The third-order valence-corrected chi connectivity index (χ3v) is 3.34. The van der Waals surface area contributed by atoms with Crippen molar-refractivity contribution in [1.29, 1.82) is 0 Å². The van der Waals surface area contributed by atoms with E-state index in [0.717, 1.165) is 12.1 Å². The normalized spacial score (nSPS) is 12.2. The third kappa shape index (κ3) is 4.96. The number of carbonyl (C=O) groups excluding carboxylic acids is 2. The first-order valence-corrected chi connectivity index (χ1v) is 7.50. The van der Waals surface area contributed by atoms with E-state index in [1.807, 2.05) is 0 Å². The molecule has 2 amide bonds. The number of hydrazine groups is 1. The van der Waals surface area contributed by atoms with Crippen LogP contribution < -0.4 is 16.2 Å². The van der Waals surface area contributed by atoms with E-state index < -0.39 is 29.7 Å². The van der Waals surface area contributed by atoms with Crippen LogP contribution in [0.2, 0.25) is 0 Å². The van der Waals surface area contributed by atoms with E-state index in [1.165, 1.54) is 25.1 Å². The topological polar surface area (TPSA) is 90.5 Å². The molecule has 0 saturated carbocycles. The number of rotatable bonds is 4. The van der Waals surface area contributed by atoms with Crippen LogP contribution in [0.3, 0.4) is 0 Å². The monoisotopic (exact) mass is 367 g/mol. The zero-order chi connectivity index (χ0) is 19.3. The van der Waals surface area contributed by atoms with Crippen LogP contribution in [0.5, 0.6) is 0 Å². The first-order valence-electron chi connectivity index (χ1n) is 7.50. The van der Waals surface area contributed by atoms with Crippen LogP contribution in [0.25, 0.3) is 0 Å². The van der Waals surface area contributed by atoms with Gasteiger partial charge in [-0.3, -0.25) is 20.4 Å².